The number of aromatic nitrogens is 4. The first-order valence-corrected chi connectivity index (χ1v) is 9.27. The highest BCUT2D eigenvalue weighted by Gasteiger charge is 2.31. The predicted octanol–water partition coefficient (Wildman–Crippen LogP) is 2.74. The van der Waals surface area contributed by atoms with Gasteiger partial charge in [0.05, 0.1) is 12.0 Å². The molecule has 8 heteroatoms. The van der Waals surface area contributed by atoms with Crippen LogP contribution in [0.3, 0.4) is 0 Å². The van der Waals surface area contributed by atoms with Crippen LogP contribution in [0, 0.1) is 0 Å². The van der Waals surface area contributed by atoms with Crippen molar-refractivity contribution in [3.8, 4) is 11.4 Å². The van der Waals surface area contributed by atoms with Crippen LogP contribution in [0.1, 0.15) is 36.8 Å². The Bertz CT molecular complexity index is 1050. The van der Waals surface area contributed by atoms with Gasteiger partial charge in [0, 0.05) is 23.4 Å². The normalized spacial score (nSPS) is 18.3. The average molecular weight is 374 g/mol. The van der Waals surface area contributed by atoms with E-state index in [2.05, 4.69) is 26.2 Å². The summed E-state index contributed by atoms with van der Waals surface area (Å²) in [7, 11) is 0. The fraction of sp³-hybridized carbons (Fsp3) is 0.250. The Morgan fingerprint density at radius 1 is 1.11 bits per heavy atom. The maximum atomic E-state index is 12.8. The molecule has 1 fully saturated rings. The third-order valence-electron chi connectivity index (χ3n) is 5.11. The average Bonchev–Trinajstić information content (AvgIpc) is 3.44. The Morgan fingerprint density at radius 2 is 1.89 bits per heavy atom. The molecule has 1 aromatic heterocycles. The number of tetrazole rings is 1. The largest absolute Gasteiger partial charge is 0.326 e. The highest BCUT2D eigenvalue weighted by molar-refractivity contribution is 6.05. The highest BCUT2D eigenvalue weighted by atomic mass is 16.2. The van der Waals surface area contributed by atoms with Gasteiger partial charge in [0.25, 0.3) is 0 Å². The van der Waals surface area contributed by atoms with E-state index in [9.17, 15) is 9.59 Å². The molecule has 28 heavy (non-hydrogen) atoms. The number of nitrogens with zero attached hydrogens (tertiary/aromatic N) is 4. The fourth-order valence-electron chi connectivity index (χ4n) is 3.53. The lowest BCUT2D eigenvalue weighted by molar-refractivity contribution is -0.123. The monoisotopic (exact) mass is 374 g/mol. The lowest BCUT2D eigenvalue weighted by atomic mass is 9.90. The lowest BCUT2D eigenvalue weighted by Crippen LogP contribution is -2.30. The molecular formula is C20H18N6O2. The van der Waals surface area contributed by atoms with Gasteiger partial charge in [0.2, 0.25) is 11.8 Å². The number of hydrogen-bond donors (Lipinski definition) is 2. The summed E-state index contributed by atoms with van der Waals surface area (Å²) in [5.74, 6) is -0.121. The highest BCUT2D eigenvalue weighted by Crippen LogP contribution is 2.37. The number of hydrogen-bond acceptors (Lipinski definition) is 5. The van der Waals surface area contributed by atoms with Gasteiger partial charge >= 0.3 is 0 Å². The SMILES string of the molecule is O=C1CC(C(=O)Nc2ccc(-c3nnnn3C3CC3)cc2)c2ccccc2N1. The minimum Gasteiger partial charge on any atom is -0.326 e. The topological polar surface area (TPSA) is 102 Å². The molecule has 1 saturated carbocycles. The molecule has 1 aliphatic heterocycles. The minimum absolute atomic E-state index is 0.136. The van der Waals surface area contributed by atoms with Gasteiger partial charge < -0.3 is 10.6 Å². The first-order chi connectivity index (χ1) is 13.7. The lowest BCUT2D eigenvalue weighted by Gasteiger charge is -2.24. The molecule has 140 valence electrons. The summed E-state index contributed by atoms with van der Waals surface area (Å²) < 4.78 is 1.85. The van der Waals surface area contributed by atoms with Crippen molar-refractivity contribution in [3.63, 3.8) is 0 Å². The number of para-hydroxylation sites is 1. The van der Waals surface area contributed by atoms with E-state index in [1.165, 1.54) is 0 Å². The van der Waals surface area contributed by atoms with E-state index in [-0.39, 0.29) is 18.2 Å². The molecule has 1 aliphatic carbocycles. The van der Waals surface area contributed by atoms with E-state index < -0.39 is 5.92 Å². The summed E-state index contributed by atoms with van der Waals surface area (Å²) in [5, 5.41) is 17.7. The second-order valence-corrected chi connectivity index (χ2v) is 7.14. The minimum atomic E-state index is -0.508. The van der Waals surface area contributed by atoms with E-state index in [4.69, 9.17) is 0 Å². The smallest absolute Gasteiger partial charge is 0.232 e. The summed E-state index contributed by atoms with van der Waals surface area (Å²) in [5.41, 5.74) is 3.10. The van der Waals surface area contributed by atoms with Crippen LogP contribution >= 0.6 is 0 Å². The van der Waals surface area contributed by atoms with Crippen molar-refractivity contribution < 1.29 is 9.59 Å². The third-order valence-corrected chi connectivity index (χ3v) is 5.11. The summed E-state index contributed by atoms with van der Waals surface area (Å²) >= 11 is 0. The molecule has 0 bridgehead atoms. The van der Waals surface area contributed by atoms with Crippen molar-refractivity contribution in [1.29, 1.82) is 0 Å². The zero-order valence-electron chi connectivity index (χ0n) is 15.0. The van der Waals surface area contributed by atoms with Crippen LogP contribution in [-0.4, -0.2) is 32.0 Å². The first kappa shape index (κ1) is 16.6. The molecule has 1 unspecified atom stereocenters. The van der Waals surface area contributed by atoms with E-state index in [0.29, 0.717) is 17.4 Å². The van der Waals surface area contributed by atoms with E-state index in [1.54, 1.807) is 0 Å². The van der Waals surface area contributed by atoms with Gasteiger partial charge in [-0.2, -0.15) is 0 Å². The predicted molar refractivity (Wildman–Crippen MR) is 103 cm³/mol. The molecule has 2 amide bonds. The number of fused-ring (bicyclic) bond motifs is 1. The van der Waals surface area contributed by atoms with Gasteiger partial charge in [-0.1, -0.05) is 18.2 Å². The summed E-state index contributed by atoms with van der Waals surface area (Å²) in [6.45, 7) is 0. The van der Waals surface area contributed by atoms with E-state index >= 15 is 0 Å². The van der Waals surface area contributed by atoms with Gasteiger partial charge in [-0.3, -0.25) is 9.59 Å². The van der Waals surface area contributed by atoms with Crippen LogP contribution in [0.4, 0.5) is 11.4 Å². The van der Waals surface area contributed by atoms with Crippen molar-refractivity contribution in [2.75, 3.05) is 10.6 Å². The molecule has 2 aromatic carbocycles. The van der Waals surface area contributed by atoms with Crippen molar-refractivity contribution >= 4 is 23.2 Å². The molecule has 2 heterocycles. The maximum absolute atomic E-state index is 12.8. The zero-order chi connectivity index (χ0) is 19.1. The Hall–Kier alpha value is -3.55. The Kier molecular flexibility index (Phi) is 3.89. The zero-order valence-corrected chi connectivity index (χ0v) is 15.0. The maximum Gasteiger partial charge on any atom is 0.232 e. The van der Waals surface area contributed by atoms with Crippen LogP contribution in [0.15, 0.2) is 48.5 Å². The summed E-state index contributed by atoms with van der Waals surface area (Å²) in [4.78, 5) is 24.8. The molecule has 2 N–H and O–H groups in total. The molecule has 5 rings (SSSR count). The van der Waals surface area contributed by atoms with Crippen LogP contribution in [0.2, 0.25) is 0 Å². The quantitative estimate of drug-likeness (QED) is 0.731. The Balaban J connectivity index is 1.35. The number of anilines is 2. The Labute approximate surface area is 160 Å². The van der Waals surface area contributed by atoms with Gasteiger partial charge in [-0.25, -0.2) is 4.68 Å². The Morgan fingerprint density at radius 3 is 2.68 bits per heavy atom. The van der Waals surface area contributed by atoms with Crippen molar-refractivity contribution in [2.24, 2.45) is 0 Å². The van der Waals surface area contributed by atoms with Crippen molar-refractivity contribution in [2.45, 2.75) is 31.2 Å². The standard InChI is InChI=1S/C20H18N6O2/c27-18-11-16(15-3-1-2-4-17(15)22-18)20(28)21-13-7-5-12(6-8-13)19-23-24-25-26(19)14-9-10-14/h1-8,14,16H,9-11H2,(H,21,28)(H,22,27). The van der Waals surface area contributed by atoms with Gasteiger partial charge in [-0.15, -0.1) is 5.10 Å². The van der Waals surface area contributed by atoms with Crippen molar-refractivity contribution in [3.05, 3.63) is 54.1 Å². The van der Waals surface area contributed by atoms with Crippen molar-refractivity contribution in [1.82, 2.24) is 20.2 Å². The summed E-state index contributed by atoms with van der Waals surface area (Å²) in [6, 6.07) is 15.2. The fourth-order valence-corrected chi connectivity index (χ4v) is 3.53. The van der Waals surface area contributed by atoms with E-state index in [1.807, 2.05) is 53.2 Å². The van der Waals surface area contributed by atoms with E-state index in [0.717, 1.165) is 29.8 Å². The molecule has 8 nitrogen and oxygen atoms in total. The number of carbonyl (C=O) groups excluding carboxylic acids is 2. The second kappa shape index (κ2) is 6.56. The molecule has 0 radical (unpaired) electrons. The number of amides is 2. The van der Waals surface area contributed by atoms with Crippen LogP contribution < -0.4 is 10.6 Å². The number of nitrogens with one attached hydrogen (secondary N) is 2. The van der Waals surface area contributed by atoms with Gasteiger partial charge in [0.1, 0.15) is 0 Å². The summed E-state index contributed by atoms with van der Waals surface area (Å²) in [6.07, 6.45) is 2.34. The molecule has 1 atom stereocenters. The number of benzene rings is 2. The van der Waals surface area contributed by atoms with Crippen LogP contribution in [-0.2, 0) is 9.59 Å². The number of rotatable bonds is 4. The van der Waals surface area contributed by atoms with Crippen LogP contribution in [0.25, 0.3) is 11.4 Å². The van der Waals surface area contributed by atoms with Gasteiger partial charge in [-0.05, 0) is 59.2 Å². The third kappa shape index (κ3) is 3.02. The molecule has 2 aliphatic rings. The molecular weight excluding hydrogens is 356 g/mol. The molecule has 0 saturated heterocycles. The number of carbonyl (C=O) groups is 2. The molecule has 3 aromatic rings. The second-order valence-electron chi connectivity index (χ2n) is 7.14. The van der Waals surface area contributed by atoms with Crippen LogP contribution in [0.5, 0.6) is 0 Å². The first-order valence-electron chi connectivity index (χ1n) is 9.27. The van der Waals surface area contributed by atoms with Gasteiger partial charge in [0.15, 0.2) is 5.82 Å². The molecule has 0 spiro atoms.